The Morgan fingerprint density at radius 2 is 1.90 bits per heavy atom. The van der Waals surface area contributed by atoms with Crippen molar-refractivity contribution in [3.63, 3.8) is 0 Å². The summed E-state index contributed by atoms with van der Waals surface area (Å²) in [6.07, 6.45) is 4.20. The van der Waals surface area contributed by atoms with Crippen LogP contribution in [0.1, 0.15) is 24.5 Å². The molecule has 1 aliphatic heterocycles. The van der Waals surface area contributed by atoms with Crippen molar-refractivity contribution in [3.8, 4) is 22.8 Å². The third-order valence-corrected chi connectivity index (χ3v) is 6.36. The lowest BCUT2D eigenvalue weighted by atomic mass is 9.94. The maximum atomic E-state index is 5.94. The molecule has 1 aliphatic rings. The van der Waals surface area contributed by atoms with Crippen molar-refractivity contribution >= 4 is 22.9 Å². The van der Waals surface area contributed by atoms with Crippen molar-refractivity contribution in [2.75, 3.05) is 13.1 Å². The molecule has 1 atom stereocenters. The maximum Gasteiger partial charge on any atom is 0.127 e. The highest BCUT2D eigenvalue weighted by Crippen LogP contribution is 2.34. The summed E-state index contributed by atoms with van der Waals surface area (Å²) < 4.78 is 8.31. The van der Waals surface area contributed by atoms with Crippen LogP contribution in [0, 0.1) is 0 Å². The number of piperidine rings is 1. The molecule has 0 aliphatic carbocycles. The Kier molecular flexibility index (Phi) is 5.74. The highest BCUT2D eigenvalue weighted by molar-refractivity contribution is 7.99. The molecule has 31 heavy (non-hydrogen) atoms. The monoisotopic (exact) mass is 428 g/mol. The van der Waals surface area contributed by atoms with Gasteiger partial charge in [0.05, 0.1) is 17.4 Å². The van der Waals surface area contributed by atoms with Crippen molar-refractivity contribution in [2.24, 2.45) is 0 Å². The third kappa shape index (κ3) is 4.36. The fourth-order valence-corrected chi connectivity index (χ4v) is 4.79. The van der Waals surface area contributed by atoms with E-state index in [-0.39, 0.29) is 0 Å². The topological polar surface area (TPSA) is 54.0 Å². The van der Waals surface area contributed by atoms with E-state index >= 15 is 0 Å². The third-order valence-electron chi connectivity index (χ3n) is 5.58. The van der Waals surface area contributed by atoms with Gasteiger partial charge in [0, 0.05) is 35.7 Å². The van der Waals surface area contributed by atoms with Gasteiger partial charge >= 0.3 is 0 Å². The molecule has 6 heteroatoms. The van der Waals surface area contributed by atoms with Crippen LogP contribution in [-0.4, -0.2) is 32.6 Å². The maximum absolute atomic E-state index is 5.94. The zero-order chi connectivity index (χ0) is 21.0. The molecule has 1 N–H and O–H groups in total. The van der Waals surface area contributed by atoms with Gasteiger partial charge in [-0.2, -0.15) is 5.10 Å². The Morgan fingerprint density at radius 3 is 2.71 bits per heavy atom. The molecule has 0 saturated carbocycles. The second-order valence-corrected chi connectivity index (χ2v) is 8.73. The predicted molar refractivity (Wildman–Crippen MR) is 127 cm³/mol. The van der Waals surface area contributed by atoms with Gasteiger partial charge in [-0.15, -0.1) is 0 Å². The smallest absolute Gasteiger partial charge is 0.127 e. The number of hydrogen-bond donors (Lipinski definition) is 1. The van der Waals surface area contributed by atoms with Crippen LogP contribution in [0.4, 0.5) is 0 Å². The van der Waals surface area contributed by atoms with E-state index in [9.17, 15) is 0 Å². The summed E-state index contributed by atoms with van der Waals surface area (Å²) in [5.74, 6) is 2.03. The van der Waals surface area contributed by atoms with Gasteiger partial charge in [-0.1, -0.05) is 36.7 Å². The van der Waals surface area contributed by atoms with Crippen molar-refractivity contribution in [1.29, 1.82) is 0 Å². The molecule has 3 heterocycles. The molecule has 0 radical (unpaired) electrons. The van der Waals surface area contributed by atoms with Gasteiger partial charge in [0.25, 0.3) is 0 Å². The normalized spacial score (nSPS) is 17.0. The fourth-order valence-electron chi connectivity index (χ4n) is 4.08. The molecule has 0 spiro atoms. The van der Waals surface area contributed by atoms with Crippen LogP contribution < -0.4 is 4.74 Å². The first-order chi connectivity index (χ1) is 15.3. The summed E-state index contributed by atoms with van der Waals surface area (Å²) in [5, 5.41) is 10.4. The lowest BCUT2D eigenvalue weighted by Crippen LogP contribution is -2.29. The number of pyridine rings is 1. The highest BCUT2D eigenvalue weighted by atomic mass is 32.2. The SMILES string of the molecule is C=CSN1CCCC(c2cc3cn[nH]c3c(-c3ccc(Oc4ccccc4)cc3)n2)C1. The van der Waals surface area contributed by atoms with Crippen molar-refractivity contribution in [3.05, 3.63) is 84.5 Å². The molecular weight excluding hydrogens is 404 g/mol. The van der Waals surface area contributed by atoms with Crippen LogP contribution in [0.3, 0.4) is 0 Å². The standard InChI is InChI=1S/C25H24N4OS/c1-2-31-29-14-6-7-19(17-29)23-15-20-16-26-28-25(20)24(27-23)18-10-12-22(13-11-18)30-21-8-4-3-5-9-21/h2-5,8-13,15-16,19H,1,6-7,14,17H2,(H,26,28). The number of nitrogens with one attached hydrogen (secondary N) is 1. The van der Waals surface area contributed by atoms with E-state index in [2.05, 4.69) is 39.3 Å². The summed E-state index contributed by atoms with van der Waals surface area (Å²) in [7, 11) is 0. The van der Waals surface area contributed by atoms with Crippen LogP contribution in [0.5, 0.6) is 11.5 Å². The number of para-hydroxylation sites is 1. The van der Waals surface area contributed by atoms with Crippen LogP contribution in [0.15, 0.2) is 78.8 Å². The molecule has 1 unspecified atom stereocenters. The lowest BCUT2D eigenvalue weighted by molar-refractivity contribution is 0.340. The lowest BCUT2D eigenvalue weighted by Gasteiger charge is -2.30. The van der Waals surface area contributed by atoms with E-state index in [1.54, 1.807) is 11.9 Å². The molecule has 0 amide bonds. The number of rotatable bonds is 6. The van der Waals surface area contributed by atoms with Crippen LogP contribution in [-0.2, 0) is 0 Å². The molecule has 156 valence electrons. The number of H-pyrrole nitrogens is 1. The summed E-state index contributed by atoms with van der Waals surface area (Å²) in [5.41, 5.74) is 4.07. The van der Waals surface area contributed by atoms with Gasteiger partial charge in [0.15, 0.2) is 0 Å². The Bertz CT molecular complexity index is 1170. The zero-order valence-electron chi connectivity index (χ0n) is 17.2. The van der Waals surface area contributed by atoms with Crippen molar-refractivity contribution in [1.82, 2.24) is 19.5 Å². The summed E-state index contributed by atoms with van der Waals surface area (Å²) in [6.45, 7) is 5.93. The van der Waals surface area contributed by atoms with E-state index in [0.717, 1.165) is 65.3 Å². The van der Waals surface area contributed by atoms with Gasteiger partial charge < -0.3 is 4.74 Å². The van der Waals surface area contributed by atoms with E-state index in [1.165, 1.54) is 0 Å². The van der Waals surface area contributed by atoms with E-state index in [0.29, 0.717) is 5.92 Å². The molecule has 1 saturated heterocycles. The molecule has 2 aromatic heterocycles. The van der Waals surface area contributed by atoms with E-state index in [1.807, 2.05) is 54.1 Å². The summed E-state index contributed by atoms with van der Waals surface area (Å²) in [6, 6.07) is 20.1. The number of aromatic amines is 1. The Morgan fingerprint density at radius 1 is 1.10 bits per heavy atom. The minimum atomic E-state index is 0.403. The zero-order valence-corrected chi connectivity index (χ0v) is 18.0. The van der Waals surface area contributed by atoms with Crippen molar-refractivity contribution < 1.29 is 4.74 Å². The average Bonchev–Trinajstić information content (AvgIpc) is 3.29. The van der Waals surface area contributed by atoms with Crippen molar-refractivity contribution in [2.45, 2.75) is 18.8 Å². The van der Waals surface area contributed by atoms with Gasteiger partial charge in [-0.3, -0.25) is 10.1 Å². The number of aromatic nitrogens is 3. The van der Waals surface area contributed by atoms with Gasteiger partial charge in [-0.05, 0) is 60.7 Å². The van der Waals surface area contributed by atoms with Gasteiger partial charge in [0.1, 0.15) is 11.5 Å². The molecule has 0 bridgehead atoms. The van der Waals surface area contributed by atoms with Gasteiger partial charge in [0.2, 0.25) is 0 Å². The molecular formula is C25H24N4OS. The van der Waals surface area contributed by atoms with E-state index < -0.39 is 0 Å². The average molecular weight is 429 g/mol. The number of hydrogen-bond acceptors (Lipinski definition) is 5. The minimum Gasteiger partial charge on any atom is -0.457 e. The Labute approximate surface area is 186 Å². The van der Waals surface area contributed by atoms with Gasteiger partial charge in [-0.25, -0.2) is 4.31 Å². The van der Waals surface area contributed by atoms with Crippen LogP contribution in [0.25, 0.3) is 22.2 Å². The number of nitrogens with zero attached hydrogens (tertiary/aromatic N) is 3. The van der Waals surface area contributed by atoms with Crippen LogP contribution >= 0.6 is 11.9 Å². The first-order valence-electron chi connectivity index (χ1n) is 10.5. The first-order valence-corrected chi connectivity index (χ1v) is 11.3. The number of fused-ring (bicyclic) bond motifs is 1. The summed E-state index contributed by atoms with van der Waals surface area (Å²) >= 11 is 1.70. The second kappa shape index (κ2) is 8.96. The second-order valence-electron chi connectivity index (χ2n) is 7.67. The molecule has 5 rings (SSSR count). The number of ether oxygens (including phenoxy) is 1. The summed E-state index contributed by atoms with van der Waals surface area (Å²) in [4.78, 5) is 5.10. The quantitative estimate of drug-likeness (QED) is 0.361. The highest BCUT2D eigenvalue weighted by Gasteiger charge is 2.24. The first kappa shape index (κ1) is 19.8. The minimum absolute atomic E-state index is 0.403. The van der Waals surface area contributed by atoms with Crippen LogP contribution in [0.2, 0.25) is 0 Å². The largest absolute Gasteiger partial charge is 0.457 e. The number of benzene rings is 2. The Hall–Kier alpha value is -3.09. The molecule has 2 aromatic carbocycles. The van der Waals surface area contributed by atoms with E-state index in [4.69, 9.17) is 9.72 Å². The molecule has 4 aromatic rings. The Balaban J connectivity index is 1.45. The fraction of sp³-hybridized carbons (Fsp3) is 0.200. The molecule has 5 nitrogen and oxygen atoms in total. The predicted octanol–water partition coefficient (Wildman–Crippen LogP) is 6.39. The molecule has 1 fully saturated rings.